The Morgan fingerprint density at radius 1 is 0.976 bits per heavy atom. The highest BCUT2D eigenvalue weighted by Gasteiger charge is 2.50. The minimum atomic E-state index is -1.37. The lowest BCUT2D eigenvalue weighted by atomic mass is 9.79. The van der Waals surface area contributed by atoms with Crippen molar-refractivity contribution in [3.05, 3.63) is 141 Å². The molecule has 0 radical (unpaired) electrons. The van der Waals surface area contributed by atoms with Crippen LogP contribution < -0.4 is 20.7 Å². The molecule has 1 aromatic heterocycles. The van der Waals surface area contributed by atoms with Gasteiger partial charge in [-0.3, -0.25) is 14.3 Å². The van der Waals surface area contributed by atoms with Crippen LogP contribution in [-0.2, 0) is 15.1 Å². The van der Waals surface area contributed by atoms with Crippen molar-refractivity contribution in [2.24, 2.45) is 0 Å². The van der Waals surface area contributed by atoms with Gasteiger partial charge in [-0.05, 0) is 47.9 Å². The van der Waals surface area contributed by atoms with Gasteiger partial charge in [0.1, 0.15) is 28.9 Å². The van der Waals surface area contributed by atoms with Crippen LogP contribution >= 0.6 is 0 Å². The number of hydrogen-bond acceptors (Lipinski definition) is 7. The minimum Gasteiger partial charge on any atom is -0.497 e. The van der Waals surface area contributed by atoms with E-state index in [0.29, 0.717) is 17.1 Å². The van der Waals surface area contributed by atoms with E-state index in [-0.39, 0.29) is 13.0 Å². The number of aromatic amines is 1. The second-order valence-corrected chi connectivity index (χ2v) is 10.3. The Labute approximate surface area is 243 Å². The van der Waals surface area contributed by atoms with Crippen LogP contribution in [0.1, 0.15) is 34.9 Å². The van der Waals surface area contributed by atoms with Crippen molar-refractivity contribution >= 4 is 0 Å². The molecule has 1 aliphatic rings. The lowest BCUT2D eigenvalue weighted by molar-refractivity contribution is -0.135. The molecule has 0 unspecified atom stereocenters. The topological polar surface area (TPSA) is 112 Å². The number of H-pyrrole nitrogens is 1. The zero-order valence-corrected chi connectivity index (χ0v) is 23.8. The maximum absolute atomic E-state index is 12.6. The molecule has 0 saturated carbocycles. The van der Waals surface area contributed by atoms with Crippen molar-refractivity contribution in [3.63, 3.8) is 0 Å². The summed E-state index contributed by atoms with van der Waals surface area (Å²) in [4.78, 5) is 26.9. The lowest BCUT2D eigenvalue weighted by Gasteiger charge is -2.39. The fraction of sp³-hybridized carbons (Fsp3) is 0.273. The zero-order chi connectivity index (χ0) is 29.9. The Morgan fingerprint density at radius 2 is 1.52 bits per heavy atom. The molecule has 2 heterocycles. The molecular formula is C33H34N2O7. The second kappa shape index (κ2) is 11.8. The number of benzene rings is 3. The number of aryl methyl sites for hydroxylation is 1. The molecule has 1 saturated heterocycles. The van der Waals surface area contributed by atoms with Crippen molar-refractivity contribution in [1.29, 1.82) is 0 Å². The van der Waals surface area contributed by atoms with E-state index in [1.807, 2.05) is 78.9 Å². The number of ether oxygens (including phenoxy) is 4. The summed E-state index contributed by atoms with van der Waals surface area (Å²) in [6.45, 7) is 5.45. The number of hydrogen-bond donors (Lipinski definition) is 2. The van der Waals surface area contributed by atoms with E-state index in [9.17, 15) is 14.7 Å². The van der Waals surface area contributed by atoms with E-state index in [1.165, 1.54) is 16.8 Å². The first-order valence-electron chi connectivity index (χ1n) is 13.6. The smallest absolute Gasteiger partial charge is 0.330 e. The van der Waals surface area contributed by atoms with Gasteiger partial charge in [0.2, 0.25) is 0 Å². The third-order valence-electron chi connectivity index (χ3n) is 7.83. The van der Waals surface area contributed by atoms with Crippen molar-refractivity contribution in [3.8, 4) is 11.5 Å². The number of nitrogens with zero attached hydrogens (tertiary/aromatic N) is 1. The predicted molar refractivity (Wildman–Crippen MR) is 158 cm³/mol. The van der Waals surface area contributed by atoms with Gasteiger partial charge in [0.15, 0.2) is 0 Å². The molecule has 218 valence electrons. The van der Waals surface area contributed by atoms with E-state index in [2.05, 4.69) is 11.6 Å². The summed E-state index contributed by atoms with van der Waals surface area (Å²) >= 11 is 0. The van der Waals surface area contributed by atoms with Crippen molar-refractivity contribution in [2.75, 3.05) is 20.8 Å². The molecule has 1 fully saturated rings. The number of rotatable bonds is 10. The van der Waals surface area contributed by atoms with Crippen LogP contribution in [0, 0.1) is 6.92 Å². The highest BCUT2D eigenvalue weighted by Crippen LogP contribution is 2.45. The van der Waals surface area contributed by atoms with Gasteiger partial charge >= 0.3 is 5.69 Å². The highest BCUT2D eigenvalue weighted by atomic mass is 16.6. The van der Waals surface area contributed by atoms with Gasteiger partial charge in [0.25, 0.3) is 5.56 Å². The van der Waals surface area contributed by atoms with E-state index in [4.69, 9.17) is 18.9 Å². The summed E-state index contributed by atoms with van der Waals surface area (Å²) in [7, 11) is 3.22. The lowest BCUT2D eigenvalue weighted by Crippen LogP contribution is -2.46. The van der Waals surface area contributed by atoms with Gasteiger partial charge < -0.3 is 24.1 Å². The summed E-state index contributed by atoms with van der Waals surface area (Å²) in [5.74, 6) is 1.38. The quantitative estimate of drug-likeness (QED) is 0.218. The minimum absolute atomic E-state index is 0.0875. The third kappa shape index (κ3) is 5.18. The summed E-state index contributed by atoms with van der Waals surface area (Å²) < 4.78 is 25.4. The van der Waals surface area contributed by atoms with E-state index < -0.39 is 34.8 Å². The summed E-state index contributed by atoms with van der Waals surface area (Å²) in [6.07, 6.45) is 1.13. The van der Waals surface area contributed by atoms with Crippen LogP contribution in [0.4, 0.5) is 0 Å². The average molecular weight is 571 g/mol. The third-order valence-corrected chi connectivity index (χ3v) is 7.83. The van der Waals surface area contributed by atoms with E-state index >= 15 is 0 Å². The molecule has 1 aliphatic heterocycles. The zero-order valence-electron chi connectivity index (χ0n) is 23.8. The van der Waals surface area contributed by atoms with E-state index in [1.54, 1.807) is 21.1 Å². The summed E-state index contributed by atoms with van der Waals surface area (Å²) in [5, 5.41) is 11.3. The van der Waals surface area contributed by atoms with Gasteiger partial charge in [0.05, 0.1) is 26.9 Å². The molecule has 0 spiro atoms. The molecule has 3 atom stereocenters. The molecule has 5 rings (SSSR count). The highest BCUT2D eigenvalue weighted by molar-refractivity contribution is 5.49. The van der Waals surface area contributed by atoms with Crippen molar-refractivity contribution in [2.45, 2.75) is 36.9 Å². The monoisotopic (exact) mass is 570 g/mol. The summed E-state index contributed by atoms with van der Waals surface area (Å²) in [5.41, 5.74) is -0.794. The molecule has 0 bridgehead atoms. The standard InChI is InChI=1S/C33H34N2O7/c1-5-32(28(36)19-29(42-32)35-20-22(2)30(37)34-31(35)38)21-41-33(23-9-7-6-8-10-23,24-11-15-26(39-3)16-12-24)25-13-17-27(40-4)18-14-25/h5-18,20,28-29,36H,1,19,21H2,2-4H3,(H,34,37,38)/t28-,29+,32+/m0/s1. The fourth-order valence-corrected chi connectivity index (χ4v) is 5.41. The van der Waals surface area contributed by atoms with Crippen molar-refractivity contribution in [1.82, 2.24) is 9.55 Å². The molecule has 2 N–H and O–H groups in total. The molecular weight excluding hydrogens is 536 g/mol. The largest absolute Gasteiger partial charge is 0.497 e. The first kappa shape index (κ1) is 29.1. The summed E-state index contributed by atoms with van der Waals surface area (Å²) in [6, 6.07) is 25.0. The van der Waals surface area contributed by atoms with Crippen LogP contribution in [0.25, 0.3) is 0 Å². The Hall–Kier alpha value is -4.44. The first-order valence-corrected chi connectivity index (χ1v) is 13.6. The van der Waals surface area contributed by atoms with Crippen LogP contribution in [0.2, 0.25) is 0 Å². The predicted octanol–water partition coefficient (Wildman–Crippen LogP) is 4.08. The van der Waals surface area contributed by atoms with Gasteiger partial charge in [-0.15, -0.1) is 6.58 Å². The van der Waals surface area contributed by atoms with Crippen molar-refractivity contribution < 1.29 is 24.1 Å². The van der Waals surface area contributed by atoms with Crippen LogP contribution in [0.15, 0.2) is 107 Å². The van der Waals surface area contributed by atoms with Crippen LogP contribution in [0.5, 0.6) is 11.5 Å². The molecule has 4 aromatic rings. The number of aromatic nitrogens is 2. The molecule has 9 nitrogen and oxygen atoms in total. The first-order chi connectivity index (χ1) is 20.3. The van der Waals surface area contributed by atoms with Gasteiger partial charge in [-0.1, -0.05) is 60.7 Å². The van der Waals surface area contributed by atoms with Crippen LogP contribution in [0.3, 0.4) is 0 Å². The van der Waals surface area contributed by atoms with Gasteiger partial charge in [-0.2, -0.15) is 0 Å². The number of aliphatic hydroxyl groups excluding tert-OH is 1. The number of nitrogens with one attached hydrogen (secondary N) is 1. The maximum Gasteiger partial charge on any atom is 0.330 e. The molecule has 42 heavy (non-hydrogen) atoms. The molecule has 0 amide bonds. The number of aliphatic hydroxyl groups is 1. The van der Waals surface area contributed by atoms with E-state index in [0.717, 1.165) is 16.7 Å². The van der Waals surface area contributed by atoms with Crippen LogP contribution in [-0.4, -0.2) is 47.2 Å². The molecule has 9 heteroatoms. The Morgan fingerprint density at radius 3 is 2.05 bits per heavy atom. The molecule has 3 aromatic carbocycles. The maximum atomic E-state index is 12.6. The second-order valence-electron chi connectivity index (χ2n) is 10.3. The Kier molecular flexibility index (Phi) is 8.17. The Bertz CT molecular complexity index is 1600. The Balaban J connectivity index is 1.61. The SMILES string of the molecule is C=C[C@]1(COC(c2ccccc2)(c2ccc(OC)cc2)c2ccc(OC)cc2)O[C@@H](n2cc(C)c(=O)[nH]c2=O)C[C@@H]1O. The fourth-order valence-electron chi connectivity index (χ4n) is 5.41. The number of methoxy groups -OCH3 is 2. The van der Waals surface area contributed by atoms with Gasteiger partial charge in [0, 0.05) is 18.2 Å². The molecule has 0 aliphatic carbocycles. The van der Waals surface area contributed by atoms with Gasteiger partial charge in [-0.25, -0.2) is 4.79 Å². The average Bonchev–Trinajstić information content (AvgIpc) is 3.36. The normalized spacial score (nSPS) is 20.3.